The molecule has 1 atom stereocenters. The molecule has 2 N–H and O–H groups in total. The number of alkyl carbamates (subject to hydrolysis) is 1. The summed E-state index contributed by atoms with van der Waals surface area (Å²) in [5.74, 6) is 2.13. The Kier molecular flexibility index (Phi) is 13.2. The molecule has 3 heterocycles. The number of ether oxygens (including phenoxy) is 3. The number of carbonyl (C=O) groups excluding carboxylic acids is 2. The fourth-order valence-corrected chi connectivity index (χ4v) is 6.74. The molecule has 2 aromatic heterocycles. The molecule has 1 saturated heterocycles. The van der Waals surface area contributed by atoms with Crippen molar-refractivity contribution in [3.63, 3.8) is 0 Å². The third-order valence-electron chi connectivity index (χ3n) is 8.76. The van der Waals surface area contributed by atoms with Crippen molar-refractivity contribution < 1.29 is 28.9 Å². The van der Waals surface area contributed by atoms with Gasteiger partial charge in [0.15, 0.2) is 0 Å². The Bertz CT molecular complexity index is 1760. The highest BCUT2D eigenvalue weighted by atomic mass is 32.3. The maximum Gasteiger partial charge on any atom is 0.408 e. The topological polar surface area (TPSA) is 118 Å². The minimum Gasteiger partial charge on any atom is -0.457 e. The fourth-order valence-electron chi connectivity index (χ4n) is 6.13. The van der Waals surface area contributed by atoms with E-state index in [9.17, 15) is 14.7 Å². The number of fused-ring (bicyclic) bond motifs is 1. The summed E-state index contributed by atoms with van der Waals surface area (Å²) >= 11 is 0. The molecule has 282 valence electrons. The summed E-state index contributed by atoms with van der Waals surface area (Å²) in [5, 5.41) is 13.5. The molecule has 1 aliphatic heterocycles. The van der Waals surface area contributed by atoms with Gasteiger partial charge in [0.2, 0.25) is 5.91 Å². The largest absolute Gasteiger partial charge is 0.457 e. The molecule has 52 heavy (non-hydrogen) atoms. The van der Waals surface area contributed by atoms with E-state index < -0.39 is 27.8 Å². The van der Waals surface area contributed by atoms with Gasteiger partial charge in [0.05, 0.1) is 12.0 Å². The van der Waals surface area contributed by atoms with E-state index in [0.717, 1.165) is 47.5 Å². The van der Waals surface area contributed by atoms with Crippen molar-refractivity contribution in [2.24, 2.45) is 0 Å². The molecule has 4 aromatic rings. The van der Waals surface area contributed by atoms with Gasteiger partial charge in [-0.05, 0) is 80.8 Å². The van der Waals surface area contributed by atoms with Crippen molar-refractivity contribution in [3.8, 4) is 11.5 Å². The maximum atomic E-state index is 13.9. The lowest BCUT2D eigenvalue weighted by molar-refractivity contribution is -0.135. The zero-order valence-electron chi connectivity index (χ0n) is 31.5. The normalized spacial score (nSPS) is 15.0. The van der Waals surface area contributed by atoms with Crippen molar-refractivity contribution in [1.29, 1.82) is 0 Å². The first kappa shape index (κ1) is 39.1. The van der Waals surface area contributed by atoms with Crippen LogP contribution in [0.3, 0.4) is 0 Å². The number of aliphatic hydroxyl groups is 1. The molecule has 2 amide bonds. The van der Waals surface area contributed by atoms with Crippen LogP contribution in [0.4, 0.5) is 4.79 Å². The minimum atomic E-state index is -0.796. The summed E-state index contributed by atoms with van der Waals surface area (Å²) in [6, 6.07) is 18.9. The van der Waals surface area contributed by atoms with Crippen LogP contribution in [0.25, 0.3) is 11.0 Å². The third kappa shape index (κ3) is 11.4. The Morgan fingerprint density at radius 1 is 0.962 bits per heavy atom. The van der Waals surface area contributed by atoms with E-state index in [-0.39, 0.29) is 12.5 Å². The summed E-state index contributed by atoms with van der Waals surface area (Å²) in [6.45, 7) is 9.93. The van der Waals surface area contributed by atoms with Gasteiger partial charge in [-0.25, -0.2) is 19.8 Å². The van der Waals surface area contributed by atoms with Gasteiger partial charge in [-0.2, -0.15) is 0 Å². The van der Waals surface area contributed by atoms with Gasteiger partial charge in [-0.1, -0.05) is 42.5 Å². The van der Waals surface area contributed by atoms with Gasteiger partial charge in [-0.15, -0.1) is 0 Å². The number of amides is 2. The average Bonchev–Trinajstić information content (AvgIpc) is 3.44. The van der Waals surface area contributed by atoms with Gasteiger partial charge in [0, 0.05) is 63.9 Å². The molecule has 1 fully saturated rings. The van der Waals surface area contributed by atoms with Crippen molar-refractivity contribution >= 4 is 33.1 Å². The standard InChI is InChI=1S/C40H55N5O6S/c1-40(2,3)51-39(48)42-34(38(47)44-21-19-43(20-22-44)27-31-10-8-7-9-11-31)26-30-12-14-33(15-13-30)50-35-16-18-41-37-36(35)32(17-23-46)28-45(37)29-49-24-25-52(4,5)6/h7-16,18,28,34,46H,17,19-27,29H2,1-6H3,(H,42,48)/t34-/m0/s1. The number of aliphatic hydroxyl groups excluding tert-OH is 1. The van der Waals surface area contributed by atoms with Crippen LogP contribution in [0.15, 0.2) is 73.1 Å². The Morgan fingerprint density at radius 3 is 2.33 bits per heavy atom. The third-order valence-corrected chi connectivity index (χ3v) is 10.2. The number of hydrogen-bond acceptors (Lipinski definition) is 8. The quantitative estimate of drug-likeness (QED) is 0.147. The van der Waals surface area contributed by atoms with Gasteiger partial charge in [-0.3, -0.25) is 9.69 Å². The lowest BCUT2D eigenvalue weighted by Gasteiger charge is -2.36. The van der Waals surface area contributed by atoms with E-state index in [0.29, 0.717) is 50.8 Å². The Balaban J connectivity index is 1.27. The first-order chi connectivity index (χ1) is 24.8. The molecule has 0 aliphatic carbocycles. The molecular weight excluding hydrogens is 679 g/mol. The number of hydrogen-bond donors (Lipinski definition) is 2. The van der Waals surface area contributed by atoms with Crippen molar-refractivity contribution in [2.45, 2.75) is 58.5 Å². The second-order valence-electron chi connectivity index (χ2n) is 15.2. The molecule has 0 unspecified atom stereocenters. The molecule has 0 radical (unpaired) electrons. The number of rotatable bonds is 15. The predicted octanol–water partition coefficient (Wildman–Crippen LogP) is 5.81. The van der Waals surface area contributed by atoms with E-state index in [1.54, 1.807) is 27.0 Å². The maximum absolute atomic E-state index is 13.9. The van der Waals surface area contributed by atoms with Crippen LogP contribution in [0.2, 0.25) is 0 Å². The molecule has 0 spiro atoms. The number of benzene rings is 2. The molecule has 2 aromatic carbocycles. The van der Waals surface area contributed by atoms with Gasteiger partial charge < -0.3 is 34.1 Å². The smallest absolute Gasteiger partial charge is 0.408 e. The minimum absolute atomic E-state index is 0.00300. The highest BCUT2D eigenvalue weighted by molar-refractivity contribution is 8.32. The van der Waals surface area contributed by atoms with E-state index in [4.69, 9.17) is 14.2 Å². The predicted molar refractivity (Wildman–Crippen MR) is 208 cm³/mol. The number of nitrogens with one attached hydrogen (secondary N) is 1. The van der Waals surface area contributed by atoms with Crippen LogP contribution in [-0.2, 0) is 40.4 Å². The number of piperazine rings is 1. The summed E-state index contributed by atoms with van der Waals surface area (Å²) in [6.07, 6.45) is 10.6. The molecule has 5 rings (SSSR count). The number of carbonyl (C=O) groups is 2. The molecular formula is C40H55N5O6S. The van der Waals surface area contributed by atoms with Crippen molar-refractivity contribution in [1.82, 2.24) is 24.7 Å². The number of nitrogens with zero attached hydrogens (tertiary/aromatic N) is 4. The summed E-state index contributed by atoms with van der Waals surface area (Å²) in [4.78, 5) is 35.6. The molecule has 11 nitrogen and oxygen atoms in total. The first-order valence-electron chi connectivity index (χ1n) is 17.9. The highest BCUT2D eigenvalue weighted by Crippen LogP contribution is 2.35. The van der Waals surface area contributed by atoms with Crippen LogP contribution < -0.4 is 10.1 Å². The van der Waals surface area contributed by atoms with Crippen LogP contribution in [0.1, 0.15) is 37.5 Å². The van der Waals surface area contributed by atoms with Crippen LogP contribution in [0.5, 0.6) is 11.5 Å². The fraction of sp³-hybridized carbons (Fsp3) is 0.475. The van der Waals surface area contributed by atoms with E-state index >= 15 is 0 Å². The molecule has 1 aliphatic rings. The summed E-state index contributed by atoms with van der Waals surface area (Å²) in [7, 11) is -0.656. The van der Waals surface area contributed by atoms with E-state index in [2.05, 4.69) is 46.1 Å². The highest BCUT2D eigenvalue weighted by Gasteiger charge is 2.30. The lowest BCUT2D eigenvalue weighted by atomic mass is 10.0. The zero-order valence-corrected chi connectivity index (χ0v) is 32.3. The summed E-state index contributed by atoms with van der Waals surface area (Å²) in [5.41, 5.74) is 3.07. The monoisotopic (exact) mass is 733 g/mol. The lowest BCUT2D eigenvalue weighted by Crippen LogP contribution is -2.55. The number of pyridine rings is 1. The van der Waals surface area contributed by atoms with E-state index in [1.807, 2.05) is 64.2 Å². The molecule has 0 saturated carbocycles. The van der Waals surface area contributed by atoms with Gasteiger partial charge >= 0.3 is 6.09 Å². The Morgan fingerprint density at radius 2 is 1.67 bits per heavy atom. The van der Waals surface area contributed by atoms with E-state index in [1.165, 1.54) is 5.56 Å². The van der Waals surface area contributed by atoms with Gasteiger partial charge in [0.25, 0.3) is 0 Å². The molecule has 0 bridgehead atoms. The Labute approximate surface area is 309 Å². The second kappa shape index (κ2) is 17.6. The second-order valence-corrected chi connectivity index (χ2v) is 19.8. The van der Waals surface area contributed by atoms with Gasteiger partial charge in [0.1, 0.15) is 35.5 Å². The SMILES string of the molecule is CC(C)(C)OC(=O)N[C@@H](Cc1ccc(Oc2ccnc3c2c(CCO)cn3COCCS(C)(C)C)cc1)C(=O)N1CCN(Cc2ccccc2)CC1. The summed E-state index contributed by atoms with van der Waals surface area (Å²) < 4.78 is 19.9. The van der Waals surface area contributed by atoms with Crippen LogP contribution in [0, 0.1) is 0 Å². The number of aromatic nitrogens is 2. The molecule has 12 heteroatoms. The van der Waals surface area contributed by atoms with Crippen LogP contribution in [-0.4, -0.2) is 112 Å². The first-order valence-corrected chi connectivity index (χ1v) is 20.9. The Hall–Kier alpha value is -4.10. The van der Waals surface area contributed by atoms with Crippen molar-refractivity contribution in [3.05, 3.63) is 89.7 Å². The van der Waals surface area contributed by atoms with Crippen molar-refractivity contribution in [2.75, 3.05) is 63.9 Å². The zero-order chi connectivity index (χ0) is 37.3. The van der Waals surface area contributed by atoms with Crippen LogP contribution >= 0.6 is 10.0 Å². The average molecular weight is 734 g/mol.